The first-order valence-electron chi connectivity index (χ1n) is 8.31. The fourth-order valence-corrected chi connectivity index (χ4v) is 3.05. The second-order valence-electron chi connectivity index (χ2n) is 6.12. The van der Waals surface area contributed by atoms with E-state index in [9.17, 15) is 14.0 Å². The highest BCUT2D eigenvalue weighted by Gasteiger charge is 2.25. The number of imide groups is 1. The Hall–Kier alpha value is -2.46. The molecule has 2 N–H and O–H groups in total. The second-order valence-corrected chi connectivity index (χ2v) is 7.43. The van der Waals surface area contributed by atoms with Crippen molar-refractivity contribution in [2.75, 3.05) is 21.1 Å². The molecule has 1 heterocycles. The summed E-state index contributed by atoms with van der Waals surface area (Å²) in [6, 6.07) is 5.33. The van der Waals surface area contributed by atoms with Crippen LogP contribution < -0.4 is 10.6 Å². The van der Waals surface area contributed by atoms with E-state index in [0.29, 0.717) is 16.7 Å². The lowest BCUT2D eigenvalue weighted by Crippen LogP contribution is -2.41. The first kappa shape index (κ1) is 20.8. The molecule has 0 bridgehead atoms. The first-order valence-corrected chi connectivity index (χ1v) is 9.19. The summed E-state index contributed by atoms with van der Waals surface area (Å²) in [4.78, 5) is 25.5. The van der Waals surface area contributed by atoms with Crippen LogP contribution in [0, 0.1) is 5.82 Å². The molecule has 0 radical (unpaired) electrons. The molecule has 10 heteroatoms. The van der Waals surface area contributed by atoms with Crippen LogP contribution in [0.1, 0.15) is 25.7 Å². The van der Waals surface area contributed by atoms with Gasteiger partial charge in [0, 0.05) is 12.7 Å². The standard InChI is InChI=1S/C17H23FN6O2S/c1-10(23(4)5)14-21-22-17(24(14)13-8-6-12(18)7-9-13)27-11(2)15(25)20-16(26)19-3/h6-11H,1-5H3,(H2,19,20,25,26)/t10-,11+/m0/s1. The number of amides is 3. The van der Waals surface area contributed by atoms with Crippen molar-refractivity contribution in [2.24, 2.45) is 0 Å². The summed E-state index contributed by atoms with van der Waals surface area (Å²) in [7, 11) is 5.27. The Morgan fingerprint density at radius 1 is 1.19 bits per heavy atom. The van der Waals surface area contributed by atoms with Gasteiger partial charge in [0.25, 0.3) is 0 Å². The fraction of sp³-hybridized carbons (Fsp3) is 0.412. The van der Waals surface area contributed by atoms with Crippen LogP contribution in [0.2, 0.25) is 0 Å². The minimum absolute atomic E-state index is 0.0631. The molecular weight excluding hydrogens is 371 g/mol. The SMILES string of the molecule is CNC(=O)NC(=O)[C@@H](C)Sc1nnc([C@H](C)N(C)C)n1-c1ccc(F)cc1. The van der Waals surface area contributed by atoms with E-state index in [-0.39, 0.29) is 11.9 Å². The fourth-order valence-electron chi connectivity index (χ4n) is 2.18. The van der Waals surface area contributed by atoms with E-state index in [1.165, 1.54) is 19.2 Å². The van der Waals surface area contributed by atoms with Gasteiger partial charge in [-0.15, -0.1) is 10.2 Å². The normalized spacial score (nSPS) is 13.3. The molecule has 2 atom stereocenters. The number of nitrogens with zero attached hydrogens (tertiary/aromatic N) is 4. The predicted molar refractivity (Wildman–Crippen MR) is 101 cm³/mol. The number of nitrogens with one attached hydrogen (secondary N) is 2. The number of hydrogen-bond donors (Lipinski definition) is 2. The van der Waals surface area contributed by atoms with Gasteiger partial charge >= 0.3 is 6.03 Å². The maximum Gasteiger partial charge on any atom is 0.321 e. The zero-order valence-electron chi connectivity index (χ0n) is 15.9. The largest absolute Gasteiger partial charge is 0.341 e. The molecule has 1 aromatic heterocycles. The second kappa shape index (κ2) is 8.96. The lowest BCUT2D eigenvalue weighted by atomic mass is 10.2. The molecule has 0 aliphatic heterocycles. The molecule has 0 aliphatic rings. The van der Waals surface area contributed by atoms with Gasteiger partial charge in [0.15, 0.2) is 11.0 Å². The summed E-state index contributed by atoms with van der Waals surface area (Å²) >= 11 is 1.16. The van der Waals surface area contributed by atoms with E-state index in [0.717, 1.165) is 11.8 Å². The molecule has 0 fully saturated rings. The Kier molecular flexibility index (Phi) is 6.92. The van der Waals surface area contributed by atoms with E-state index < -0.39 is 17.2 Å². The quantitative estimate of drug-likeness (QED) is 0.728. The minimum atomic E-state index is -0.590. The maximum atomic E-state index is 13.3. The van der Waals surface area contributed by atoms with Crippen LogP contribution in [0.25, 0.3) is 5.69 Å². The van der Waals surface area contributed by atoms with Crippen LogP contribution in [-0.2, 0) is 4.79 Å². The summed E-state index contributed by atoms with van der Waals surface area (Å²) in [6.07, 6.45) is 0. The number of carbonyl (C=O) groups excluding carboxylic acids is 2. The van der Waals surface area contributed by atoms with Crippen molar-refractivity contribution >= 4 is 23.7 Å². The van der Waals surface area contributed by atoms with Gasteiger partial charge in [-0.1, -0.05) is 11.8 Å². The Morgan fingerprint density at radius 2 is 1.81 bits per heavy atom. The van der Waals surface area contributed by atoms with E-state index in [1.807, 2.05) is 25.9 Å². The Balaban J connectivity index is 2.37. The zero-order valence-corrected chi connectivity index (χ0v) is 16.7. The maximum absolute atomic E-state index is 13.3. The van der Waals surface area contributed by atoms with Gasteiger partial charge in [-0.3, -0.25) is 19.6 Å². The molecule has 8 nitrogen and oxygen atoms in total. The molecule has 2 aromatic rings. The molecule has 0 unspecified atom stereocenters. The average molecular weight is 394 g/mol. The zero-order chi connectivity index (χ0) is 20.1. The molecule has 0 spiro atoms. The Morgan fingerprint density at radius 3 is 2.37 bits per heavy atom. The summed E-state index contributed by atoms with van der Waals surface area (Å²) in [5.74, 6) is -0.134. The van der Waals surface area contributed by atoms with Gasteiger partial charge in [-0.25, -0.2) is 9.18 Å². The summed E-state index contributed by atoms with van der Waals surface area (Å²) < 4.78 is 15.1. The van der Waals surface area contributed by atoms with Crippen LogP contribution >= 0.6 is 11.8 Å². The minimum Gasteiger partial charge on any atom is -0.341 e. The number of aromatic nitrogens is 3. The third-order valence-corrected chi connectivity index (χ3v) is 5.05. The van der Waals surface area contributed by atoms with Gasteiger partial charge < -0.3 is 5.32 Å². The molecule has 0 saturated heterocycles. The number of benzene rings is 1. The molecule has 27 heavy (non-hydrogen) atoms. The summed E-state index contributed by atoms with van der Waals surface area (Å²) in [5, 5.41) is 12.9. The Bertz CT molecular complexity index is 808. The highest BCUT2D eigenvalue weighted by Crippen LogP contribution is 2.29. The topological polar surface area (TPSA) is 92.2 Å². The van der Waals surface area contributed by atoms with Crippen LogP contribution in [0.15, 0.2) is 29.4 Å². The number of urea groups is 1. The van der Waals surface area contributed by atoms with Gasteiger partial charge in [-0.05, 0) is 52.2 Å². The molecule has 146 valence electrons. The molecule has 0 aliphatic carbocycles. The van der Waals surface area contributed by atoms with Gasteiger partial charge in [0.05, 0.1) is 11.3 Å². The monoisotopic (exact) mass is 394 g/mol. The van der Waals surface area contributed by atoms with Crippen molar-refractivity contribution in [3.8, 4) is 5.69 Å². The number of halogens is 1. The molecule has 0 saturated carbocycles. The van der Waals surface area contributed by atoms with Crippen LogP contribution in [-0.4, -0.2) is 58.0 Å². The van der Waals surface area contributed by atoms with Crippen LogP contribution in [0.4, 0.5) is 9.18 Å². The van der Waals surface area contributed by atoms with Crippen molar-refractivity contribution < 1.29 is 14.0 Å². The van der Waals surface area contributed by atoms with Crippen molar-refractivity contribution in [3.63, 3.8) is 0 Å². The van der Waals surface area contributed by atoms with Gasteiger partial charge in [0.2, 0.25) is 5.91 Å². The molecular formula is C17H23FN6O2S. The number of hydrogen-bond acceptors (Lipinski definition) is 6. The third-order valence-electron chi connectivity index (χ3n) is 4.01. The van der Waals surface area contributed by atoms with Gasteiger partial charge in [0.1, 0.15) is 5.82 Å². The number of rotatable bonds is 6. The van der Waals surface area contributed by atoms with Crippen molar-refractivity contribution in [3.05, 3.63) is 35.9 Å². The molecule has 2 rings (SSSR count). The smallest absolute Gasteiger partial charge is 0.321 e. The lowest BCUT2D eigenvalue weighted by Gasteiger charge is -2.21. The van der Waals surface area contributed by atoms with Crippen LogP contribution in [0.3, 0.4) is 0 Å². The summed E-state index contributed by atoms with van der Waals surface area (Å²) in [5.41, 5.74) is 0.687. The third kappa shape index (κ3) is 5.04. The number of carbonyl (C=O) groups is 2. The van der Waals surface area contributed by atoms with Crippen molar-refractivity contribution in [1.29, 1.82) is 0 Å². The van der Waals surface area contributed by atoms with Gasteiger partial charge in [-0.2, -0.15) is 0 Å². The predicted octanol–water partition coefficient (Wildman–Crippen LogP) is 1.97. The van der Waals surface area contributed by atoms with E-state index in [2.05, 4.69) is 20.8 Å². The highest BCUT2D eigenvalue weighted by atomic mass is 32.2. The van der Waals surface area contributed by atoms with E-state index >= 15 is 0 Å². The highest BCUT2D eigenvalue weighted by molar-refractivity contribution is 8.00. The molecule has 1 aromatic carbocycles. The Labute approximate surface area is 161 Å². The average Bonchev–Trinajstić information content (AvgIpc) is 3.04. The van der Waals surface area contributed by atoms with E-state index in [4.69, 9.17) is 0 Å². The molecule has 3 amide bonds. The van der Waals surface area contributed by atoms with Crippen LogP contribution in [0.5, 0.6) is 0 Å². The van der Waals surface area contributed by atoms with E-state index in [1.54, 1.807) is 23.6 Å². The number of thioether (sulfide) groups is 1. The lowest BCUT2D eigenvalue weighted by molar-refractivity contribution is -0.119. The van der Waals surface area contributed by atoms with Crippen molar-refractivity contribution in [2.45, 2.75) is 30.3 Å². The summed E-state index contributed by atoms with van der Waals surface area (Å²) in [6.45, 7) is 3.64. The van der Waals surface area contributed by atoms with Crippen molar-refractivity contribution in [1.82, 2.24) is 30.3 Å². The first-order chi connectivity index (χ1) is 12.7.